The summed E-state index contributed by atoms with van der Waals surface area (Å²) in [5, 5.41) is 19.1. The zero-order valence-electron chi connectivity index (χ0n) is 19.2. The van der Waals surface area contributed by atoms with Gasteiger partial charge in [-0.05, 0) is 28.5 Å². The minimum atomic E-state index is -0.0820. The summed E-state index contributed by atoms with van der Waals surface area (Å²) in [6.45, 7) is 9.56. The van der Waals surface area contributed by atoms with E-state index in [-0.39, 0.29) is 5.41 Å². The van der Waals surface area contributed by atoms with Crippen LogP contribution in [0, 0.1) is 0 Å². The molecule has 0 amide bonds. The molecule has 166 valence electrons. The van der Waals surface area contributed by atoms with E-state index in [0.29, 0.717) is 12.2 Å². The first-order valence-electron chi connectivity index (χ1n) is 11.2. The number of aromatic nitrogens is 8. The lowest BCUT2D eigenvalue weighted by atomic mass is 9.96. The lowest BCUT2D eigenvalue weighted by Gasteiger charge is -2.12. The number of rotatable bonds is 8. The largest absolute Gasteiger partial charge is 0.260 e. The molecule has 0 aliphatic heterocycles. The maximum absolute atomic E-state index is 4.87. The van der Waals surface area contributed by atoms with Crippen LogP contribution in [0.5, 0.6) is 0 Å². The van der Waals surface area contributed by atoms with Gasteiger partial charge in [0.25, 0.3) is 0 Å². The van der Waals surface area contributed by atoms with Crippen LogP contribution in [0.15, 0.2) is 42.6 Å². The van der Waals surface area contributed by atoms with E-state index in [0.717, 1.165) is 47.0 Å². The molecule has 0 aliphatic carbocycles. The minimum Gasteiger partial charge on any atom is -0.260 e. The first kappa shape index (κ1) is 21.8. The maximum atomic E-state index is 4.87. The highest BCUT2D eigenvalue weighted by atomic mass is 15.5. The molecule has 0 radical (unpaired) electrons. The van der Waals surface area contributed by atoms with Crippen molar-refractivity contribution in [2.45, 2.75) is 65.3 Å². The van der Waals surface area contributed by atoms with Crippen molar-refractivity contribution in [1.82, 2.24) is 40.4 Å². The van der Waals surface area contributed by atoms with Gasteiger partial charge in [0.1, 0.15) is 5.82 Å². The van der Waals surface area contributed by atoms with E-state index in [1.807, 2.05) is 24.4 Å². The summed E-state index contributed by atoms with van der Waals surface area (Å²) in [4.78, 5) is 9.61. The molecule has 3 heterocycles. The monoisotopic (exact) mass is 430 g/mol. The molecule has 4 rings (SSSR count). The average Bonchev–Trinajstić information content (AvgIpc) is 3.45. The van der Waals surface area contributed by atoms with Crippen molar-refractivity contribution in [2.75, 3.05) is 0 Å². The molecular formula is C24H30N8. The molecule has 0 saturated heterocycles. The molecule has 1 aromatic carbocycles. The summed E-state index contributed by atoms with van der Waals surface area (Å²) in [6, 6.07) is 12.2. The van der Waals surface area contributed by atoms with Crippen molar-refractivity contribution in [1.29, 1.82) is 0 Å². The topological polar surface area (TPSA) is 98.1 Å². The van der Waals surface area contributed by atoms with E-state index >= 15 is 0 Å². The third kappa shape index (κ3) is 4.90. The molecule has 0 bridgehead atoms. The summed E-state index contributed by atoms with van der Waals surface area (Å²) in [6.07, 6.45) is 6.04. The molecule has 8 heteroatoms. The zero-order chi connectivity index (χ0) is 22.6. The second-order valence-corrected chi connectivity index (χ2v) is 9.04. The van der Waals surface area contributed by atoms with Crippen LogP contribution < -0.4 is 0 Å². The Hall–Kier alpha value is -3.42. The number of nitrogens with one attached hydrogen (secondary N) is 1. The second-order valence-electron chi connectivity index (χ2n) is 9.04. The van der Waals surface area contributed by atoms with Gasteiger partial charge in [0, 0.05) is 41.4 Å². The normalized spacial score (nSPS) is 11.8. The van der Waals surface area contributed by atoms with Gasteiger partial charge in [-0.2, -0.15) is 5.10 Å². The Balaban J connectivity index is 1.58. The molecule has 1 N–H and O–H groups in total. The third-order valence-electron chi connectivity index (χ3n) is 5.40. The second kappa shape index (κ2) is 9.38. The van der Waals surface area contributed by atoms with Crippen molar-refractivity contribution < 1.29 is 0 Å². The summed E-state index contributed by atoms with van der Waals surface area (Å²) in [5.74, 6) is 2.49. The predicted octanol–water partition coefficient (Wildman–Crippen LogP) is 4.60. The Bertz CT molecular complexity index is 1140. The fourth-order valence-corrected chi connectivity index (χ4v) is 3.58. The van der Waals surface area contributed by atoms with Crippen LogP contribution >= 0.6 is 0 Å². The number of benzene rings is 1. The summed E-state index contributed by atoms with van der Waals surface area (Å²) >= 11 is 0. The number of unbranched alkanes of at least 4 members (excludes halogenated alkanes) is 2. The number of nitrogens with zero attached hydrogens (tertiary/aromatic N) is 7. The van der Waals surface area contributed by atoms with E-state index in [9.17, 15) is 0 Å². The standard InChI is InChI=1S/C24H30N8/c1-5-6-9-14-32-21(26-23(29-32)24(2,3)4)15-18-13-12-17(16-25-18)19-10-7-8-11-20(19)22-27-30-31-28-22/h7-8,10-13,16H,5-6,9,14-15H2,1-4H3,(H,27,28,30,31). The number of aryl methyl sites for hydroxylation is 1. The van der Waals surface area contributed by atoms with Crippen LogP contribution in [0.3, 0.4) is 0 Å². The van der Waals surface area contributed by atoms with Gasteiger partial charge < -0.3 is 0 Å². The number of hydrogen-bond donors (Lipinski definition) is 1. The number of pyridine rings is 1. The van der Waals surface area contributed by atoms with Crippen LogP contribution in [0.2, 0.25) is 0 Å². The van der Waals surface area contributed by atoms with Gasteiger partial charge >= 0.3 is 0 Å². The average molecular weight is 431 g/mol. The van der Waals surface area contributed by atoms with Gasteiger partial charge in [-0.3, -0.25) is 4.98 Å². The molecule has 3 aromatic heterocycles. The highest BCUT2D eigenvalue weighted by molar-refractivity contribution is 5.79. The summed E-state index contributed by atoms with van der Waals surface area (Å²) < 4.78 is 2.07. The number of tetrazole rings is 1. The van der Waals surface area contributed by atoms with E-state index in [1.165, 1.54) is 12.8 Å². The minimum absolute atomic E-state index is 0.0820. The molecule has 0 unspecified atom stereocenters. The molecule has 0 fully saturated rings. The zero-order valence-corrected chi connectivity index (χ0v) is 19.2. The Kier molecular flexibility index (Phi) is 6.39. The number of H-pyrrole nitrogens is 1. The van der Waals surface area contributed by atoms with E-state index in [4.69, 9.17) is 15.1 Å². The van der Waals surface area contributed by atoms with Crippen molar-refractivity contribution in [2.24, 2.45) is 0 Å². The Labute approximate surface area is 188 Å². The maximum Gasteiger partial charge on any atom is 0.180 e. The van der Waals surface area contributed by atoms with E-state index in [1.54, 1.807) is 0 Å². The van der Waals surface area contributed by atoms with Gasteiger partial charge in [-0.1, -0.05) is 70.9 Å². The summed E-state index contributed by atoms with van der Waals surface area (Å²) in [5.41, 5.74) is 3.87. The van der Waals surface area contributed by atoms with Crippen molar-refractivity contribution >= 4 is 0 Å². The smallest absolute Gasteiger partial charge is 0.180 e. The Morgan fingerprint density at radius 3 is 2.47 bits per heavy atom. The van der Waals surface area contributed by atoms with Gasteiger partial charge in [0.2, 0.25) is 0 Å². The van der Waals surface area contributed by atoms with Gasteiger partial charge in [0.15, 0.2) is 11.6 Å². The molecule has 4 aromatic rings. The Morgan fingerprint density at radius 1 is 1.00 bits per heavy atom. The van der Waals surface area contributed by atoms with Crippen molar-refractivity contribution in [3.8, 4) is 22.5 Å². The van der Waals surface area contributed by atoms with Gasteiger partial charge in [-0.25, -0.2) is 14.8 Å². The molecule has 0 atom stereocenters. The number of aromatic amines is 1. The lowest BCUT2D eigenvalue weighted by Crippen LogP contribution is -2.14. The van der Waals surface area contributed by atoms with Crippen LogP contribution in [0.1, 0.15) is 64.3 Å². The predicted molar refractivity (Wildman–Crippen MR) is 124 cm³/mol. The van der Waals surface area contributed by atoms with Crippen LogP contribution in [-0.4, -0.2) is 40.4 Å². The number of hydrogen-bond acceptors (Lipinski definition) is 6. The van der Waals surface area contributed by atoms with Crippen LogP contribution in [0.4, 0.5) is 0 Å². The quantitative estimate of drug-likeness (QED) is 0.410. The first-order chi connectivity index (χ1) is 15.5. The first-order valence-corrected chi connectivity index (χ1v) is 11.2. The third-order valence-corrected chi connectivity index (χ3v) is 5.40. The lowest BCUT2D eigenvalue weighted by molar-refractivity contribution is 0.503. The van der Waals surface area contributed by atoms with Crippen molar-refractivity contribution in [3.05, 3.63) is 59.9 Å². The SMILES string of the molecule is CCCCCn1nc(C(C)(C)C)nc1Cc1ccc(-c2ccccc2-c2nnn[nH]2)cn1. The highest BCUT2D eigenvalue weighted by Crippen LogP contribution is 2.29. The molecule has 0 aliphatic rings. The van der Waals surface area contributed by atoms with Crippen LogP contribution in [0.25, 0.3) is 22.5 Å². The van der Waals surface area contributed by atoms with Gasteiger partial charge in [0.05, 0.1) is 0 Å². The highest BCUT2D eigenvalue weighted by Gasteiger charge is 2.22. The van der Waals surface area contributed by atoms with Crippen molar-refractivity contribution in [3.63, 3.8) is 0 Å². The van der Waals surface area contributed by atoms with E-state index < -0.39 is 0 Å². The van der Waals surface area contributed by atoms with Gasteiger partial charge in [-0.15, -0.1) is 5.10 Å². The summed E-state index contributed by atoms with van der Waals surface area (Å²) in [7, 11) is 0. The van der Waals surface area contributed by atoms with Crippen LogP contribution in [-0.2, 0) is 18.4 Å². The molecule has 0 spiro atoms. The molecule has 32 heavy (non-hydrogen) atoms. The molecule has 0 saturated carbocycles. The fourth-order valence-electron chi connectivity index (χ4n) is 3.58. The van der Waals surface area contributed by atoms with E-state index in [2.05, 4.69) is 71.2 Å². The fraction of sp³-hybridized carbons (Fsp3) is 0.417. The molecular weight excluding hydrogens is 400 g/mol. The Morgan fingerprint density at radius 2 is 1.81 bits per heavy atom. The molecule has 8 nitrogen and oxygen atoms in total.